The van der Waals surface area contributed by atoms with E-state index in [0.29, 0.717) is 24.4 Å². The third-order valence-electron chi connectivity index (χ3n) is 4.78. The fourth-order valence-electron chi connectivity index (χ4n) is 3.20. The maximum absolute atomic E-state index is 12.6. The lowest BCUT2D eigenvalue weighted by Crippen LogP contribution is -2.59. The van der Waals surface area contributed by atoms with E-state index in [4.69, 9.17) is 0 Å². The minimum Gasteiger partial charge on any atom is -0.314 e. The van der Waals surface area contributed by atoms with Crippen molar-refractivity contribution in [2.75, 3.05) is 26.2 Å². The summed E-state index contributed by atoms with van der Waals surface area (Å²) in [7, 11) is -3.22. The predicted molar refractivity (Wildman–Crippen MR) is 94.2 cm³/mol. The number of nitro groups is 1. The standard InChI is InChI=1S/C15H21N3O4S.ClH/c19-18(20)13-3-1-12(2-4-13)11-23(21,22)15-5-7-17(8-6-15)14-9-16-10-14;/h1-4,14-16H,5-11H2;1H. The highest BCUT2D eigenvalue weighted by molar-refractivity contribution is 7.91. The number of nitrogens with one attached hydrogen (secondary N) is 1. The van der Waals surface area contributed by atoms with Crippen LogP contribution in [0.3, 0.4) is 0 Å². The number of halogens is 1. The zero-order valence-electron chi connectivity index (χ0n) is 13.3. The van der Waals surface area contributed by atoms with Gasteiger partial charge in [-0.15, -0.1) is 12.4 Å². The Balaban J connectivity index is 0.00000208. The molecule has 1 aromatic rings. The first-order valence-electron chi connectivity index (χ1n) is 7.85. The summed E-state index contributed by atoms with van der Waals surface area (Å²) in [6.45, 7) is 3.66. The van der Waals surface area contributed by atoms with E-state index in [-0.39, 0.29) is 29.1 Å². The molecule has 2 fully saturated rings. The Bertz CT molecular complexity index is 668. The first-order valence-corrected chi connectivity index (χ1v) is 9.57. The molecule has 2 aliphatic rings. The second-order valence-corrected chi connectivity index (χ2v) is 8.56. The molecule has 2 heterocycles. The third-order valence-corrected chi connectivity index (χ3v) is 7.00. The average Bonchev–Trinajstić information content (AvgIpc) is 2.46. The van der Waals surface area contributed by atoms with E-state index in [1.807, 2.05) is 0 Å². The molecule has 0 bridgehead atoms. The summed E-state index contributed by atoms with van der Waals surface area (Å²) >= 11 is 0. The summed E-state index contributed by atoms with van der Waals surface area (Å²) < 4.78 is 25.1. The molecule has 0 atom stereocenters. The molecule has 0 radical (unpaired) electrons. The number of likely N-dealkylation sites (tertiary alicyclic amines) is 1. The minimum atomic E-state index is -3.22. The molecule has 0 aromatic heterocycles. The van der Waals surface area contributed by atoms with Crippen molar-refractivity contribution in [3.8, 4) is 0 Å². The van der Waals surface area contributed by atoms with Gasteiger partial charge in [-0.25, -0.2) is 8.42 Å². The molecule has 1 N–H and O–H groups in total. The molecule has 3 rings (SSSR count). The molecule has 24 heavy (non-hydrogen) atoms. The van der Waals surface area contributed by atoms with Crippen LogP contribution in [-0.2, 0) is 15.6 Å². The Labute approximate surface area is 147 Å². The van der Waals surface area contributed by atoms with E-state index in [1.165, 1.54) is 24.3 Å². The lowest BCUT2D eigenvalue weighted by molar-refractivity contribution is -0.384. The number of nitro benzene ring substituents is 1. The normalized spacial score (nSPS) is 20.2. The summed E-state index contributed by atoms with van der Waals surface area (Å²) in [6, 6.07) is 6.34. The van der Waals surface area contributed by atoms with Gasteiger partial charge in [-0.05, 0) is 31.5 Å². The van der Waals surface area contributed by atoms with E-state index in [9.17, 15) is 18.5 Å². The average molecular weight is 376 g/mol. The van der Waals surface area contributed by atoms with E-state index in [0.717, 1.165) is 26.2 Å². The van der Waals surface area contributed by atoms with Gasteiger partial charge in [0.15, 0.2) is 9.84 Å². The number of hydrogen-bond acceptors (Lipinski definition) is 6. The van der Waals surface area contributed by atoms with Gasteiger partial charge in [0.05, 0.1) is 15.9 Å². The first-order chi connectivity index (χ1) is 11.0. The fourth-order valence-corrected chi connectivity index (χ4v) is 5.02. The van der Waals surface area contributed by atoms with Gasteiger partial charge in [-0.3, -0.25) is 15.0 Å². The molecule has 9 heteroatoms. The molecule has 0 aliphatic carbocycles. The van der Waals surface area contributed by atoms with Crippen LogP contribution in [0, 0.1) is 10.1 Å². The summed E-state index contributed by atoms with van der Waals surface area (Å²) in [5, 5.41) is 13.6. The molecule has 0 amide bonds. The second-order valence-electron chi connectivity index (χ2n) is 6.28. The monoisotopic (exact) mass is 375 g/mol. The SMILES string of the molecule is Cl.O=[N+]([O-])c1ccc(CS(=O)(=O)C2CCN(C3CNC3)CC2)cc1. The second kappa shape index (κ2) is 7.77. The summed E-state index contributed by atoms with van der Waals surface area (Å²) in [5.41, 5.74) is 0.592. The van der Waals surface area contributed by atoms with Crippen molar-refractivity contribution in [2.45, 2.75) is 29.9 Å². The molecule has 0 saturated carbocycles. The van der Waals surface area contributed by atoms with E-state index in [2.05, 4.69) is 10.2 Å². The Morgan fingerprint density at radius 2 is 1.75 bits per heavy atom. The number of hydrogen-bond donors (Lipinski definition) is 1. The van der Waals surface area contributed by atoms with Crippen LogP contribution < -0.4 is 5.32 Å². The van der Waals surface area contributed by atoms with E-state index >= 15 is 0 Å². The van der Waals surface area contributed by atoms with Crippen LogP contribution in [0.25, 0.3) is 0 Å². The Morgan fingerprint density at radius 1 is 1.17 bits per heavy atom. The van der Waals surface area contributed by atoms with Gasteiger partial charge in [-0.1, -0.05) is 12.1 Å². The van der Waals surface area contributed by atoms with Crippen molar-refractivity contribution in [3.05, 3.63) is 39.9 Å². The van der Waals surface area contributed by atoms with Gasteiger partial charge in [0.2, 0.25) is 0 Å². The Morgan fingerprint density at radius 3 is 2.21 bits per heavy atom. The molecule has 0 unspecified atom stereocenters. The Hall–Kier alpha value is -1.22. The minimum absolute atomic E-state index is 0. The quantitative estimate of drug-likeness (QED) is 0.617. The number of benzene rings is 1. The van der Waals surface area contributed by atoms with Crippen LogP contribution in [0.1, 0.15) is 18.4 Å². The van der Waals surface area contributed by atoms with E-state index < -0.39 is 14.8 Å². The topological polar surface area (TPSA) is 92.5 Å². The van der Waals surface area contributed by atoms with Crippen LogP contribution in [-0.4, -0.2) is 55.7 Å². The van der Waals surface area contributed by atoms with Crippen LogP contribution in [0.2, 0.25) is 0 Å². The van der Waals surface area contributed by atoms with Crippen molar-refractivity contribution >= 4 is 27.9 Å². The highest BCUT2D eigenvalue weighted by Gasteiger charge is 2.33. The lowest BCUT2D eigenvalue weighted by Gasteiger charge is -2.42. The zero-order valence-corrected chi connectivity index (χ0v) is 14.9. The Kier molecular flexibility index (Phi) is 6.19. The van der Waals surface area contributed by atoms with Crippen molar-refractivity contribution < 1.29 is 13.3 Å². The van der Waals surface area contributed by atoms with Crippen molar-refractivity contribution in [1.29, 1.82) is 0 Å². The number of sulfone groups is 1. The number of nitrogens with zero attached hydrogens (tertiary/aromatic N) is 2. The molecule has 134 valence electrons. The maximum Gasteiger partial charge on any atom is 0.269 e. The number of rotatable bonds is 5. The van der Waals surface area contributed by atoms with Gasteiger partial charge in [0.1, 0.15) is 0 Å². The molecule has 2 saturated heterocycles. The summed E-state index contributed by atoms with van der Waals surface area (Å²) in [4.78, 5) is 12.5. The summed E-state index contributed by atoms with van der Waals surface area (Å²) in [5.74, 6) is -0.0410. The van der Waals surface area contributed by atoms with Crippen LogP contribution in [0.5, 0.6) is 0 Å². The molecule has 0 spiro atoms. The van der Waals surface area contributed by atoms with Crippen molar-refractivity contribution in [1.82, 2.24) is 10.2 Å². The molecular formula is C15H22ClN3O4S. The fraction of sp³-hybridized carbons (Fsp3) is 0.600. The van der Waals surface area contributed by atoms with Crippen LogP contribution >= 0.6 is 12.4 Å². The van der Waals surface area contributed by atoms with Crippen molar-refractivity contribution in [3.63, 3.8) is 0 Å². The van der Waals surface area contributed by atoms with Gasteiger partial charge >= 0.3 is 0 Å². The number of non-ortho nitro benzene ring substituents is 1. The predicted octanol–water partition coefficient (Wildman–Crippen LogP) is 1.37. The molecule has 2 aliphatic heterocycles. The smallest absolute Gasteiger partial charge is 0.269 e. The highest BCUT2D eigenvalue weighted by Crippen LogP contribution is 2.24. The lowest BCUT2D eigenvalue weighted by atomic mass is 10.0. The van der Waals surface area contributed by atoms with Gasteiger partial charge in [-0.2, -0.15) is 0 Å². The maximum atomic E-state index is 12.6. The molecular weight excluding hydrogens is 354 g/mol. The highest BCUT2D eigenvalue weighted by atomic mass is 35.5. The zero-order chi connectivity index (χ0) is 16.4. The van der Waals surface area contributed by atoms with Crippen molar-refractivity contribution in [2.24, 2.45) is 0 Å². The van der Waals surface area contributed by atoms with Crippen LogP contribution in [0.4, 0.5) is 5.69 Å². The van der Waals surface area contributed by atoms with Gasteiger partial charge in [0, 0.05) is 31.3 Å². The third kappa shape index (κ3) is 4.24. The van der Waals surface area contributed by atoms with E-state index in [1.54, 1.807) is 0 Å². The number of piperidine rings is 1. The van der Waals surface area contributed by atoms with Gasteiger partial charge in [0.25, 0.3) is 5.69 Å². The largest absolute Gasteiger partial charge is 0.314 e. The molecule has 1 aromatic carbocycles. The van der Waals surface area contributed by atoms with Gasteiger partial charge < -0.3 is 5.32 Å². The summed E-state index contributed by atoms with van der Waals surface area (Å²) in [6.07, 6.45) is 1.34. The van der Waals surface area contributed by atoms with Crippen LogP contribution in [0.15, 0.2) is 24.3 Å². The molecule has 7 nitrogen and oxygen atoms in total. The first kappa shape index (κ1) is 19.1.